The van der Waals surface area contributed by atoms with Crippen LogP contribution in [0.3, 0.4) is 0 Å². The van der Waals surface area contributed by atoms with Crippen LogP contribution < -0.4 is 10.6 Å². The number of halogens is 1. The van der Waals surface area contributed by atoms with Gasteiger partial charge in [-0.1, -0.05) is 54.9 Å². The van der Waals surface area contributed by atoms with Crippen molar-refractivity contribution in [1.82, 2.24) is 0 Å². The quantitative estimate of drug-likeness (QED) is 0.371. The van der Waals surface area contributed by atoms with Gasteiger partial charge in [-0.15, -0.1) is 11.3 Å². The fraction of sp³-hybridized carbons (Fsp3) is 0.333. The van der Waals surface area contributed by atoms with E-state index < -0.39 is 0 Å². The summed E-state index contributed by atoms with van der Waals surface area (Å²) >= 11 is 4.98. The molecular weight excluding hydrogens is 496 g/mol. The first-order valence-electron chi connectivity index (χ1n) is 11.2. The van der Waals surface area contributed by atoms with Gasteiger partial charge in [0.05, 0.1) is 5.56 Å². The van der Waals surface area contributed by atoms with Crippen LogP contribution >= 0.6 is 27.3 Å². The van der Waals surface area contributed by atoms with Gasteiger partial charge in [0, 0.05) is 20.6 Å². The lowest BCUT2D eigenvalue weighted by Gasteiger charge is -2.33. The van der Waals surface area contributed by atoms with Crippen molar-refractivity contribution in [3.8, 4) is 0 Å². The van der Waals surface area contributed by atoms with Gasteiger partial charge in [0.25, 0.3) is 11.8 Å². The van der Waals surface area contributed by atoms with Crippen LogP contribution in [-0.2, 0) is 12.8 Å². The maximum Gasteiger partial charge on any atom is 0.258 e. The van der Waals surface area contributed by atoms with E-state index in [0.717, 1.165) is 40.5 Å². The number of carbonyl (C=O) groups excluding carboxylic acids is 2. The molecule has 1 unspecified atom stereocenters. The zero-order valence-corrected chi connectivity index (χ0v) is 21.8. The van der Waals surface area contributed by atoms with Gasteiger partial charge in [0.15, 0.2) is 0 Å². The van der Waals surface area contributed by atoms with Crippen molar-refractivity contribution in [1.29, 1.82) is 0 Å². The molecular formula is C27H29BrN2O2S. The van der Waals surface area contributed by atoms with Crippen molar-refractivity contribution in [2.24, 2.45) is 11.3 Å². The van der Waals surface area contributed by atoms with Crippen LogP contribution in [0.1, 0.15) is 63.9 Å². The Labute approximate surface area is 207 Å². The molecule has 0 fully saturated rings. The number of carbonyl (C=O) groups is 2. The first-order chi connectivity index (χ1) is 15.6. The summed E-state index contributed by atoms with van der Waals surface area (Å²) in [4.78, 5) is 27.8. The molecule has 4 rings (SSSR count). The highest BCUT2D eigenvalue weighted by Crippen LogP contribution is 2.44. The summed E-state index contributed by atoms with van der Waals surface area (Å²) in [6.45, 7) is 8.75. The highest BCUT2D eigenvalue weighted by molar-refractivity contribution is 9.10. The fourth-order valence-electron chi connectivity index (χ4n) is 4.38. The number of hydrogen-bond acceptors (Lipinski definition) is 3. The molecule has 1 atom stereocenters. The lowest BCUT2D eigenvalue weighted by Crippen LogP contribution is -2.27. The summed E-state index contributed by atoms with van der Waals surface area (Å²) < 4.78 is 0.952. The van der Waals surface area contributed by atoms with Gasteiger partial charge in [-0.2, -0.15) is 0 Å². The standard InChI is InChI=1S/C27H29BrN2O2S/c1-16-7-5-6-8-20(16)24(31)30-26-23(25(32)29-19-12-10-18(28)11-13-19)21-14-9-17(27(2,3)4)15-22(21)33-26/h5-8,10-13,17H,9,14-15H2,1-4H3,(H,29,32)(H,30,31). The number of anilines is 2. The highest BCUT2D eigenvalue weighted by atomic mass is 79.9. The minimum absolute atomic E-state index is 0.177. The zero-order valence-electron chi connectivity index (χ0n) is 19.4. The average molecular weight is 526 g/mol. The minimum atomic E-state index is -0.184. The van der Waals surface area contributed by atoms with Crippen LogP contribution in [0.2, 0.25) is 0 Å². The number of benzene rings is 2. The predicted octanol–water partition coefficient (Wildman–Crippen LogP) is 7.47. The molecule has 2 N–H and O–H groups in total. The Morgan fingerprint density at radius 3 is 2.36 bits per heavy atom. The molecule has 0 bridgehead atoms. The molecule has 2 amide bonds. The van der Waals surface area contributed by atoms with Crippen molar-refractivity contribution >= 4 is 49.8 Å². The molecule has 1 aliphatic carbocycles. The Morgan fingerprint density at radius 1 is 1.00 bits per heavy atom. The van der Waals surface area contributed by atoms with Crippen molar-refractivity contribution in [3.05, 3.63) is 80.1 Å². The average Bonchev–Trinajstić information content (AvgIpc) is 3.12. The Morgan fingerprint density at radius 2 is 1.70 bits per heavy atom. The lowest BCUT2D eigenvalue weighted by atomic mass is 9.72. The molecule has 1 heterocycles. The third kappa shape index (κ3) is 5.22. The zero-order chi connectivity index (χ0) is 23.8. The van der Waals surface area contributed by atoms with E-state index in [0.29, 0.717) is 22.0 Å². The third-order valence-electron chi connectivity index (χ3n) is 6.44. The highest BCUT2D eigenvalue weighted by Gasteiger charge is 2.34. The van der Waals surface area contributed by atoms with E-state index in [4.69, 9.17) is 0 Å². The van der Waals surface area contributed by atoms with E-state index in [1.54, 1.807) is 11.3 Å². The van der Waals surface area contributed by atoms with E-state index in [-0.39, 0.29) is 17.2 Å². The summed E-state index contributed by atoms with van der Waals surface area (Å²) in [6, 6.07) is 15.0. The maximum absolute atomic E-state index is 13.4. The molecule has 0 saturated heterocycles. The SMILES string of the molecule is Cc1ccccc1C(=O)Nc1sc2c(c1C(=O)Nc1ccc(Br)cc1)CCC(C(C)(C)C)C2. The summed E-state index contributed by atoms with van der Waals surface area (Å²) in [5.74, 6) is 0.187. The molecule has 4 nitrogen and oxygen atoms in total. The van der Waals surface area contributed by atoms with Gasteiger partial charge in [-0.05, 0) is 79.0 Å². The number of aryl methyl sites for hydroxylation is 1. The van der Waals surface area contributed by atoms with Crippen LogP contribution in [0.5, 0.6) is 0 Å². The van der Waals surface area contributed by atoms with E-state index >= 15 is 0 Å². The Balaban J connectivity index is 1.69. The molecule has 6 heteroatoms. The van der Waals surface area contributed by atoms with Crippen molar-refractivity contribution in [2.75, 3.05) is 10.6 Å². The lowest BCUT2D eigenvalue weighted by molar-refractivity contribution is 0.102. The summed E-state index contributed by atoms with van der Waals surface area (Å²) in [6.07, 6.45) is 2.82. The first kappa shape index (κ1) is 23.7. The molecule has 0 saturated carbocycles. The van der Waals surface area contributed by atoms with E-state index in [9.17, 15) is 9.59 Å². The van der Waals surface area contributed by atoms with Crippen LogP contribution in [-0.4, -0.2) is 11.8 Å². The van der Waals surface area contributed by atoms with E-state index in [1.807, 2.05) is 55.5 Å². The number of thiophene rings is 1. The van der Waals surface area contributed by atoms with Crippen LogP contribution in [0.25, 0.3) is 0 Å². The van der Waals surface area contributed by atoms with Gasteiger partial charge in [0.2, 0.25) is 0 Å². The van der Waals surface area contributed by atoms with Gasteiger partial charge < -0.3 is 10.6 Å². The molecule has 33 heavy (non-hydrogen) atoms. The normalized spacial score (nSPS) is 15.6. The minimum Gasteiger partial charge on any atom is -0.322 e. The van der Waals surface area contributed by atoms with Crippen molar-refractivity contribution < 1.29 is 9.59 Å². The topological polar surface area (TPSA) is 58.2 Å². The van der Waals surface area contributed by atoms with Crippen LogP contribution in [0.15, 0.2) is 53.0 Å². The second-order valence-electron chi connectivity index (χ2n) is 9.74. The number of amides is 2. The predicted molar refractivity (Wildman–Crippen MR) is 141 cm³/mol. The van der Waals surface area contributed by atoms with Gasteiger partial charge in [-0.3, -0.25) is 9.59 Å². The maximum atomic E-state index is 13.4. The fourth-order valence-corrected chi connectivity index (χ4v) is 5.96. The molecule has 0 aliphatic heterocycles. The number of rotatable bonds is 4. The van der Waals surface area contributed by atoms with E-state index in [2.05, 4.69) is 47.3 Å². The monoisotopic (exact) mass is 524 g/mol. The third-order valence-corrected chi connectivity index (χ3v) is 8.13. The molecule has 2 aromatic carbocycles. The second-order valence-corrected chi connectivity index (χ2v) is 11.8. The van der Waals surface area contributed by atoms with Crippen molar-refractivity contribution in [2.45, 2.75) is 47.0 Å². The van der Waals surface area contributed by atoms with Crippen molar-refractivity contribution in [3.63, 3.8) is 0 Å². The largest absolute Gasteiger partial charge is 0.322 e. The van der Waals surface area contributed by atoms with Gasteiger partial charge >= 0.3 is 0 Å². The Bertz CT molecular complexity index is 1190. The summed E-state index contributed by atoms with van der Waals surface area (Å²) in [5.41, 5.74) is 4.14. The second kappa shape index (κ2) is 9.43. The molecule has 1 aromatic heterocycles. The molecule has 1 aliphatic rings. The number of fused-ring (bicyclic) bond motifs is 1. The number of nitrogens with one attached hydrogen (secondary N) is 2. The van der Waals surface area contributed by atoms with Gasteiger partial charge in [0.1, 0.15) is 5.00 Å². The molecule has 172 valence electrons. The molecule has 0 radical (unpaired) electrons. The molecule has 0 spiro atoms. The first-order valence-corrected chi connectivity index (χ1v) is 12.8. The Hall–Kier alpha value is -2.44. The molecule has 3 aromatic rings. The van der Waals surface area contributed by atoms with Gasteiger partial charge in [-0.25, -0.2) is 0 Å². The van der Waals surface area contributed by atoms with E-state index in [1.165, 1.54) is 4.88 Å². The summed E-state index contributed by atoms with van der Waals surface area (Å²) in [7, 11) is 0. The smallest absolute Gasteiger partial charge is 0.258 e. The van der Waals surface area contributed by atoms with Crippen LogP contribution in [0, 0.1) is 18.3 Å². The number of hydrogen-bond donors (Lipinski definition) is 2. The summed E-state index contributed by atoms with van der Waals surface area (Å²) in [5, 5.41) is 6.73. The Kier molecular flexibility index (Phi) is 6.78. The van der Waals surface area contributed by atoms with Crippen LogP contribution in [0.4, 0.5) is 10.7 Å².